The lowest BCUT2D eigenvalue weighted by atomic mass is 10.1. The smallest absolute Gasteiger partial charge is 0.311 e. The van der Waals surface area contributed by atoms with Crippen molar-refractivity contribution in [2.45, 2.75) is 13.3 Å². The zero-order chi connectivity index (χ0) is 15.4. The lowest BCUT2D eigenvalue weighted by molar-refractivity contribution is -0.385. The van der Waals surface area contributed by atoms with Crippen LogP contribution in [0.4, 0.5) is 16.0 Å². The van der Waals surface area contributed by atoms with Crippen molar-refractivity contribution in [1.82, 2.24) is 9.97 Å². The van der Waals surface area contributed by atoms with E-state index in [0.717, 1.165) is 11.8 Å². The highest BCUT2D eigenvalue weighted by atomic mass is 19.1. The molecule has 21 heavy (non-hydrogen) atoms. The van der Waals surface area contributed by atoms with Crippen LogP contribution in [0.3, 0.4) is 0 Å². The number of nitrogen functional groups attached to an aromatic ring is 1. The van der Waals surface area contributed by atoms with Crippen LogP contribution in [0.5, 0.6) is 11.6 Å². The van der Waals surface area contributed by atoms with Gasteiger partial charge in [0.1, 0.15) is 0 Å². The fraction of sp³-hybridized carbons (Fsp3) is 0.167. The number of hydrazine groups is 1. The number of hydrogen-bond donors (Lipinski definition) is 2. The summed E-state index contributed by atoms with van der Waals surface area (Å²) >= 11 is 0. The summed E-state index contributed by atoms with van der Waals surface area (Å²) in [5.41, 5.74) is 2.63. The minimum Gasteiger partial charge on any atom is -0.429 e. The summed E-state index contributed by atoms with van der Waals surface area (Å²) in [5, 5.41) is 11.1. The van der Waals surface area contributed by atoms with Crippen LogP contribution in [-0.2, 0) is 6.42 Å². The summed E-state index contributed by atoms with van der Waals surface area (Å²) in [6.45, 7) is 1.86. The number of anilines is 1. The molecule has 3 N–H and O–H groups in total. The largest absolute Gasteiger partial charge is 0.429 e. The van der Waals surface area contributed by atoms with E-state index < -0.39 is 16.6 Å². The molecule has 1 aromatic carbocycles. The number of nitrogens with zero attached hydrogens (tertiary/aromatic N) is 3. The first-order valence-corrected chi connectivity index (χ1v) is 5.99. The van der Waals surface area contributed by atoms with E-state index in [1.807, 2.05) is 6.92 Å². The number of nitrogens with one attached hydrogen (secondary N) is 1. The molecule has 0 radical (unpaired) electrons. The highest BCUT2D eigenvalue weighted by Gasteiger charge is 2.19. The molecular weight excluding hydrogens is 281 g/mol. The van der Waals surface area contributed by atoms with Gasteiger partial charge in [-0.25, -0.2) is 10.8 Å². The van der Waals surface area contributed by atoms with Gasteiger partial charge in [-0.2, -0.15) is 9.37 Å². The fourth-order valence-electron chi connectivity index (χ4n) is 1.61. The van der Waals surface area contributed by atoms with Gasteiger partial charge in [-0.1, -0.05) is 13.0 Å². The summed E-state index contributed by atoms with van der Waals surface area (Å²) < 4.78 is 18.8. The molecule has 0 bridgehead atoms. The van der Waals surface area contributed by atoms with Crippen LogP contribution in [0.15, 0.2) is 24.4 Å². The maximum absolute atomic E-state index is 13.6. The lowest BCUT2D eigenvalue weighted by Crippen LogP contribution is -2.11. The van der Waals surface area contributed by atoms with Crippen molar-refractivity contribution in [3.05, 3.63) is 45.9 Å². The van der Waals surface area contributed by atoms with Gasteiger partial charge >= 0.3 is 5.69 Å². The maximum atomic E-state index is 13.6. The van der Waals surface area contributed by atoms with Crippen molar-refractivity contribution in [2.24, 2.45) is 5.84 Å². The lowest BCUT2D eigenvalue weighted by Gasteiger charge is -2.08. The number of benzene rings is 1. The van der Waals surface area contributed by atoms with Crippen molar-refractivity contribution in [1.29, 1.82) is 0 Å². The van der Waals surface area contributed by atoms with E-state index in [2.05, 4.69) is 15.4 Å². The molecule has 0 atom stereocenters. The highest BCUT2D eigenvalue weighted by Crippen LogP contribution is 2.32. The first-order chi connectivity index (χ1) is 10.0. The van der Waals surface area contributed by atoms with Crippen LogP contribution in [-0.4, -0.2) is 14.9 Å². The molecule has 1 aromatic heterocycles. The van der Waals surface area contributed by atoms with Crippen LogP contribution in [0.2, 0.25) is 0 Å². The second-order valence-corrected chi connectivity index (χ2v) is 4.01. The number of nitrogens with two attached hydrogens (primary N) is 1. The molecular formula is C12H12FN5O3. The van der Waals surface area contributed by atoms with Crippen LogP contribution < -0.4 is 16.0 Å². The molecule has 110 valence electrons. The average molecular weight is 293 g/mol. The Bertz CT molecular complexity index is 680. The van der Waals surface area contributed by atoms with Gasteiger partial charge in [0.15, 0.2) is 0 Å². The molecule has 8 nitrogen and oxygen atoms in total. The summed E-state index contributed by atoms with van der Waals surface area (Å²) in [4.78, 5) is 17.7. The third-order valence-electron chi connectivity index (χ3n) is 2.68. The van der Waals surface area contributed by atoms with Crippen molar-refractivity contribution in [3.63, 3.8) is 0 Å². The molecule has 0 fully saturated rings. The molecule has 0 amide bonds. The molecule has 0 aliphatic rings. The summed E-state index contributed by atoms with van der Waals surface area (Å²) in [7, 11) is 0. The molecule has 0 unspecified atom stereocenters. The van der Waals surface area contributed by atoms with Crippen LogP contribution in [0.1, 0.15) is 12.5 Å². The SMILES string of the molecule is CCc1ccc(Oc2nc(NN)ncc2F)c([N+](=O)[O-])c1. The number of hydrogen-bond acceptors (Lipinski definition) is 7. The molecule has 2 rings (SSSR count). The summed E-state index contributed by atoms with van der Waals surface area (Å²) in [5.74, 6) is 3.62. The monoisotopic (exact) mass is 293 g/mol. The fourth-order valence-corrected chi connectivity index (χ4v) is 1.61. The zero-order valence-corrected chi connectivity index (χ0v) is 11.0. The van der Waals surface area contributed by atoms with Crippen LogP contribution in [0, 0.1) is 15.9 Å². The van der Waals surface area contributed by atoms with Gasteiger partial charge < -0.3 is 4.74 Å². The van der Waals surface area contributed by atoms with E-state index in [0.29, 0.717) is 6.42 Å². The Morgan fingerprint density at radius 2 is 2.29 bits per heavy atom. The quantitative estimate of drug-likeness (QED) is 0.493. The second kappa shape index (κ2) is 6.09. The van der Waals surface area contributed by atoms with Crippen LogP contribution >= 0.6 is 0 Å². The highest BCUT2D eigenvalue weighted by molar-refractivity contribution is 5.50. The first kappa shape index (κ1) is 14.6. The topological polar surface area (TPSA) is 116 Å². The first-order valence-electron chi connectivity index (χ1n) is 5.99. The zero-order valence-electron chi connectivity index (χ0n) is 11.0. The standard InChI is InChI=1S/C12H12FN5O3/c1-2-7-3-4-10(9(5-7)18(19)20)21-11-8(13)6-15-12(16-11)17-14/h3-6H,2,14H2,1H3,(H,15,16,17). The van der Waals surface area contributed by atoms with Gasteiger partial charge in [0.2, 0.25) is 17.5 Å². The Kier molecular flexibility index (Phi) is 4.24. The van der Waals surface area contributed by atoms with Crippen molar-refractivity contribution >= 4 is 11.6 Å². The van der Waals surface area contributed by atoms with Crippen molar-refractivity contribution in [3.8, 4) is 11.6 Å². The Balaban J connectivity index is 2.41. The Morgan fingerprint density at radius 3 is 2.90 bits per heavy atom. The Labute approximate surface area is 118 Å². The predicted octanol–water partition coefficient (Wildman–Crippen LogP) is 2.16. The number of halogens is 1. The van der Waals surface area contributed by atoms with Crippen LogP contribution in [0.25, 0.3) is 0 Å². The van der Waals surface area contributed by atoms with E-state index in [1.54, 1.807) is 6.07 Å². The molecule has 0 aliphatic heterocycles. The molecule has 2 aromatic rings. The van der Waals surface area contributed by atoms with Gasteiger partial charge in [0.05, 0.1) is 11.1 Å². The molecule has 0 saturated heterocycles. The number of nitro benzene ring substituents is 1. The molecule has 0 aliphatic carbocycles. The van der Waals surface area contributed by atoms with Gasteiger partial charge in [0, 0.05) is 6.07 Å². The van der Waals surface area contributed by atoms with Gasteiger partial charge in [0.25, 0.3) is 5.88 Å². The molecule has 0 saturated carbocycles. The Morgan fingerprint density at radius 1 is 1.52 bits per heavy atom. The number of nitro groups is 1. The van der Waals surface area contributed by atoms with E-state index in [-0.39, 0.29) is 17.4 Å². The van der Waals surface area contributed by atoms with E-state index in [9.17, 15) is 14.5 Å². The van der Waals surface area contributed by atoms with E-state index in [1.165, 1.54) is 12.1 Å². The summed E-state index contributed by atoms with van der Waals surface area (Å²) in [6, 6.07) is 4.42. The summed E-state index contributed by atoms with van der Waals surface area (Å²) in [6.07, 6.45) is 1.48. The van der Waals surface area contributed by atoms with Gasteiger partial charge in [-0.15, -0.1) is 0 Å². The number of ether oxygens (including phenoxy) is 1. The molecule has 9 heteroatoms. The van der Waals surface area contributed by atoms with E-state index in [4.69, 9.17) is 10.6 Å². The van der Waals surface area contributed by atoms with Gasteiger partial charge in [-0.3, -0.25) is 15.5 Å². The third kappa shape index (κ3) is 3.20. The second-order valence-electron chi connectivity index (χ2n) is 4.01. The van der Waals surface area contributed by atoms with Crippen molar-refractivity contribution < 1.29 is 14.1 Å². The van der Waals surface area contributed by atoms with Crippen molar-refractivity contribution in [2.75, 3.05) is 5.43 Å². The van der Waals surface area contributed by atoms with Gasteiger partial charge in [-0.05, 0) is 18.1 Å². The predicted molar refractivity (Wildman–Crippen MR) is 72.3 cm³/mol. The Hall–Kier alpha value is -2.81. The molecule has 1 heterocycles. The average Bonchev–Trinajstić information content (AvgIpc) is 2.49. The third-order valence-corrected chi connectivity index (χ3v) is 2.68. The molecule has 0 spiro atoms. The minimum atomic E-state index is -0.858. The normalized spacial score (nSPS) is 10.2. The van der Waals surface area contributed by atoms with E-state index >= 15 is 0 Å². The maximum Gasteiger partial charge on any atom is 0.311 e. The number of rotatable bonds is 5. The number of aryl methyl sites for hydroxylation is 1. The number of aromatic nitrogens is 2. The minimum absolute atomic E-state index is 0.0702.